The molecule has 0 aliphatic carbocycles. The summed E-state index contributed by atoms with van der Waals surface area (Å²) >= 11 is 0. The number of hydrogen-bond acceptors (Lipinski definition) is 8. The van der Waals surface area contributed by atoms with Crippen LogP contribution in [0.4, 0.5) is 6.01 Å². The van der Waals surface area contributed by atoms with Crippen LogP contribution in [0, 0.1) is 5.92 Å². The van der Waals surface area contributed by atoms with E-state index in [4.69, 9.17) is 13.6 Å². The summed E-state index contributed by atoms with van der Waals surface area (Å²) in [6.07, 6.45) is 2.68. The first kappa shape index (κ1) is 22.0. The third kappa shape index (κ3) is 4.61. The second-order valence-electron chi connectivity index (χ2n) is 8.48. The lowest BCUT2D eigenvalue weighted by Gasteiger charge is -2.34. The molecule has 1 aromatic carbocycles. The molecule has 4 heterocycles. The second-order valence-corrected chi connectivity index (χ2v) is 8.48. The minimum Gasteiger partial charge on any atom is -0.459 e. The zero-order valence-corrected chi connectivity index (χ0v) is 18.7. The number of esters is 1. The van der Waals surface area contributed by atoms with Crippen LogP contribution in [-0.2, 0) is 14.3 Å². The topological polar surface area (TPSA) is 109 Å². The van der Waals surface area contributed by atoms with Crippen LogP contribution in [0.25, 0.3) is 11.1 Å². The van der Waals surface area contributed by atoms with E-state index in [9.17, 15) is 14.4 Å². The molecule has 2 aromatic heterocycles. The fourth-order valence-electron chi connectivity index (χ4n) is 4.36. The van der Waals surface area contributed by atoms with E-state index in [1.807, 2.05) is 29.2 Å². The predicted molar refractivity (Wildman–Crippen MR) is 121 cm³/mol. The number of amides is 2. The van der Waals surface area contributed by atoms with Gasteiger partial charge < -0.3 is 28.3 Å². The maximum atomic E-state index is 12.5. The molecule has 3 aromatic rings. The quantitative estimate of drug-likeness (QED) is 0.527. The summed E-state index contributed by atoms with van der Waals surface area (Å²) in [4.78, 5) is 47.2. The van der Waals surface area contributed by atoms with Crippen LogP contribution in [0.1, 0.15) is 23.4 Å². The van der Waals surface area contributed by atoms with Crippen molar-refractivity contribution in [3.05, 3.63) is 48.4 Å². The lowest BCUT2D eigenvalue weighted by Crippen LogP contribution is -2.51. The Labute approximate surface area is 196 Å². The summed E-state index contributed by atoms with van der Waals surface area (Å²) in [5, 5.41) is 0. The van der Waals surface area contributed by atoms with E-state index in [-0.39, 0.29) is 36.1 Å². The van der Waals surface area contributed by atoms with E-state index in [1.54, 1.807) is 21.9 Å². The van der Waals surface area contributed by atoms with Gasteiger partial charge in [0.05, 0.1) is 12.2 Å². The summed E-state index contributed by atoms with van der Waals surface area (Å²) < 4.78 is 16.3. The van der Waals surface area contributed by atoms with Crippen LogP contribution >= 0.6 is 0 Å². The van der Waals surface area contributed by atoms with Gasteiger partial charge in [0.2, 0.25) is 0 Å². The van der Waals surface area contributed by atoms with E-state index < -0.39 is 0 Å². The van der Waals surface area contributed by atoms with Crippen molar-refractivity contribution >= 4 is 34.9 Å². The minimum atomic E-state index is -0.350. The van der Waals surface area contributed by atoms with Gasteiger partial charge in [-0.25, -0.2) is 0 Å². The maximum Gasteiger partial charge on any atom is 0.309 e. The van der Waals surface area contributed by atoms with Gasteiger partial charge in [-0.15, -0.1) is 0 Å². The Hall–Kier alpha value is -3.82. The van der Waals surface area contributed by atoms with Gasteiger partial charge in [0.1, 0.15) is 5.52 Å². The normalized spacial score (nSPS) is 17.2. The standard InChI is InChI=1S/C24H26N4O6/c29-21(26-11-13-27(14-12-26)22(30)20-6-3-15-32-20)16-33-23(31)17-7-9-28(10-8-17)24-25-18-4-1-2-5-19(18)34-24/h1-6,15,17H,7-14,16H2. The SMILES string of the molecule is O=C(OCC(=O)N1CCN(C(=O)c2ccco2)CC1)C1CCN(c2nc3ccccc3o2)CC1. The molecule has 5 rings (SSSR count). The zero-order valence-electron chi connectivity index (χ0n) is 18.7. The number of para-hydroxylation sites is 2. The number of carbonyl (C=O) groups is 3. The molecule has 0 N–H and O–H groups in total. The molecule has 0 unspecified atom stereocenters. The lowest BCUT2D eigenvalue weighted by atomic mass is 9.97. The number of oxazole rings is 1. The molecule has 0 atom stereocenters. The van der Waals surface area contributed by atoms with Crippen molar-refractivity contribution in [1.29, 1.82) is 0 Å². The first-order chi connectivity index (χ1) is 16.6. The lowest BCUT2D eigenvalue weighted by molar-refractivity contribution is -0.156. The number of aromatic nitrogens is 1. The number of furan rings is 1. The highest BCUT2D eigenvalue weighted by atomic mass is 16.5. The van der Waals surface area contributed by atoms with E-state index in [2.05, 4.69) is 4.98 Å². The first-order valence-electron chi connectivity index (χ1n) is 11.5. The van der Waals surface area contributed by atoms with E-state index >= 15 is 0 Å². The Morgan fingerprint density at radius 3 is 2.38 bits per heavy atom. The predicted octanol–water partition coefficient (Wildman–Crippen LogP) is 2.17. The average molecular weight is 466 g/mol. The number of piperidine rings is 1. The van der Waals surface area contributed by atoms with Crippen molar-refractivity contribution in [2.75, 3.05) is 50.8 Å². The van der Waals surface area contributed by atoms with Crippen LogP contribution in [0.2, 0.25) is 0 Å². The number of benzene rings is 1. The van der Waals surface area contributed by atoms with E-state index in [1.165, 1.54) is 6.26 Å². The summed E-state index contributed by atoms with van der Waals surface area (Å²) in [5.74, 6) is -0.751. The number of carbonyl (C=O) groups excluding carboxylic acids is 3. The zero-order chi connectivity index (χ0) is 23.5. The molecule has 0 bridgehead atoms. The largest absolute Gasteiger partial charge is 0.459 e. The van der Waals surface area contributed by atoms with Gasteiger partial charge in [-0.3, -0.25) is 14.4 Å². The fraction of sp³-hybridized carbons (Fsp3) is 0.417. The van der Waals surface area contributed by atoms with Gasteiger partial charge in [0, 0.05) is 39.3 Å². The highest BCUT2D eigenvalue weighted by Gasteiger charge is 2.30. The highest BCUT2D eigenvalue weighted by Crippen LogP contribution is 2.26. The minimum absolute atomic E-state index is 0.187. The molecular formula is C24H26N4O6. The van der Waals surface area contributed by atoms with Gasteiger partial charge in [-0.1, -0.05) is 12.1 Å². The van der Waals surface area contributed by atoms with Crippen molar-refractivity contribution in [1.82, 2.24) is 14.8 Å². The number of anilines is 1. The number of nitrogens with zero attached hydrogens (tertiary/aromatic N) is 4. The molecule has 2 saturated heterocycles. The van der Waals surface area contributed by atoms with Crippen molar-refractivity contribution in [3.63, 3.8) is 0 Å². The van der Waals surface area contributed by atoms with Crippen molar-refractivity contribution in [2.24, 2.45) is 5.92 Å². The fourth-order valence-corrected chi connectivity index (χ4v) is 4.36. The Morgan fingerprint density at radius 1 is 0.941 bits per heavy atom. The molecule has 2 amide bonds. The molecule has 34 heavy (non-hydrogen) atoms. The number of rotatable bonds is 5. The molecule has 0 saturated carbocycles. The Bertz CT molecular complexity index is 1120. The maximum absolute atomic E-state index is 12.5. The third-order valence-electron chi connectivity index (χ3n) is 6.37. The molecule has 2 aliphatic heterocycles. The smallest absolute Gasteiger partial charge is 0.309 e. The Kier molecular flexibility index (Phi) is 6.20. The average Bonchev–Trinajstić information content (AvgIpc) is 3.57. The summed E-state index contributed by atoms with van der Waals surface area (Å²) in [6, 6.07) is 11.5. The Balaban J connectivity index is 1.05. The summed E-state index contributed by atoms with van der Waals surface area (Å²) in [5.41, 5.74) is 1.55. The molecular weight excluding hydrogens is 440 g/mol. The second kappa shape index (κ2) is 9.58. The number of ether oxygens (including phenoxy) is 1. The first-order valence-corrected chi connectivity index (χ1v) is 11.5. The van der Waals surface area contributed by atoms with Crippen LogP contribution in [0.5, 0.6) is 0 Å². The monoisotopic (exact) mass is 466 g/mol. The number of piperazine rings is 1. The van der Waals surface area contributed by atoms with Crippen molar-refractivity contribution in [3.8, 4) is 0 Å². The summed E-state index contributed by atoms with van der Waals surface area (Å²) in [7, 11) is 0. The molecule has 10 nitrogen and oxygen atoms in total. The highest BCUT2D eigenvalue weighted by molar-refractivity contribution is 5.91. The van der Waals surface area contributed by atoms with E-state index in [0.717, 1.165) is 11.1 Å². The van der Waals surface area contributed by atoms with Crippen molar-refractivity contribution in [2.45, 2.75) is 12.8 Å². The number of fused-ring (bicyclic) bond motifs is 1. The van der Waals surface area contributed by atoms with E-state index in [0.29, 0.717) is 58.1 Å². The van der Waals surface area contributed by atoms with Gasteiger partial charge >= 0.3 is 5.97 Å². The van der Waals surface area contributed by atoms with Crippen LogP contribution < -0.4 is 4.90 Å². The van der Waals surface area contributed by atoms with Gasteiger partial charge in [-0.2, -0.15) is 4.98 Å². The van der Waals surface area contributed by atoms with Crippen LogP contribution in [-0.4, -0.2) is 78.4 Å². The third-order valence-corrected chi connectivity index (χ3v) is 6.37. The van der Waals surface area contributed by atoms with Gasteiger partial charge in [0.25, 0.3) is 17.8 Å². The molecule has 10 heteroatoms. The molecule has 2 aliphatic rings. The molecule has 0 spiro atoms. The molecule has 178 valence electrons. The van der Waals surface area contributed by atoms with Crippen LogP contribution in [0.15, 0.2) is 51.5 Å². The van der Waals surface area contributed by atoms with Crippen LogP contribution in [0.3, 0.4) is 0 Å². The van der Waals surface area contributed by atoms with Gasteiger partial charge in [-0.05, 0) is 37.1 Å². The number of hydrogen-bond donors (Lipinski definition) is 0. The van der Waals surface area contributed by atoms with Crippen molar-refractivity contribution < 1.29 is 28.0 Å². The molecule has 2 fully saturated rings. The summed E-state index contributed by atoms with van der Waals surface area (Å²) in [6.45, 7) is 2.59. The van der Waals surface area contributed by atoms with Gasteiger partial charge in [0.15, 0.2) is 18.0 Å². The molecule has 0 radical (unpaired) electrons. The Morgan fingerprint density at radius 2 is 1.68 bits per heavy atom.